The van der Waals surface area contributed by atoms with Crippen LogP contribution in [0.1, 0.15) is 24.8 Å². The lowest BCUT2D eigenvalue weighted by molar-refractivity contribution is 0.587. The van der Waals surface area contributed by atoms with Gasteiger partial charge in [-0.05, 0) is 37.0 Å². The molecule has 0 heterocycles. The van der Waals surface area contributed by atoms with Gasteiger partial charge in [0.15, 0.2) is 0 Å². The summed E-state index contributed by atoms with van der Waals surface area (Å²) in [5, 5.41) is 0. The molecular weight excluding hydrogens is 250 g/mol. The van der Waals surface area contributed by atoms with Gasteiger partial charge < -0.3 is 5.73 Å². The largest absolute Gasteiger partial charge is 0.327 e. The summed E-state index contributed by atoms with van der Waals surface area (Å²) in [5.41, 5.74) is 7.29. The molecule has 0 aromatic heterocycles. The average molecular weight is 266 g/mol. The third-order valence-corrected chi connectivity index (χ3v) is 2.84. The molecule has 15 heavy (non-hydrogen) atoms. The zero-order chi connectivity index (χ0) is 11.1. The summed E-state index contributed by atoms with van der Waals surface area (Å²) in [6, 6.07) is 8.52. The van der Waals surface area contributed by atoms with Gasteiger partial charge in [-0.25, -0.2) is 0 Å². The lowest BCUT2D eigenvalue weighted by atomic mass is 10.0. The second-order valence-electron chi connectivity index (χ2n) is 3.69. The second-order valence-corrected chi connectivity index (χ2v) is 4.60. The standard InChI is InChI=1S/C13H16BrN/c1-2-3-4-5-13(15)10-11-6-8-12(14)9-7-11/h1,6-9,13H,3-5,10,15H2. The van der Waals surface area contributed by atoms with Gasteiger partial charge >= 0.3 is 0 Å². The number of unbranched alkanes of at least 4 members (excludes halogenated alkanes) is 1. The van der Waals surface area contributed by atoms with Crippen LogP contribution in [0, 0.1) is 12.3 Å². The summed E-state index contributed by atoms with van der Waals surface area (Å²) in [7, 11) is 0. The van der Waals surface area contributed by atoms with Crippen molar-refractivity contribution in [2.45, 2.75) is 31.7 Å². The summed E-state index contributed by atoms with van der Waals surface area (Å²) in [4.78, 5) is 0. The molecule has 0 fully saturated rings. The van der Waals surface area contributed by atoms with Crippen molar-refractivity contribution in [3.05, 3.63) is 34.3 Å². The average Bonchev–Trinajstić information content (AvgIpc) is 2.22. The Balaban J connectivity index is 2.34. The lowest BCUT2D eigenvalue weighted by Gasteiger charge is -2.10. The monoisotopic (exact) mass is 265 g/mol. The predicted octanol–water partition coefficient (Wildman–Crippen LogP) is 3.12. The van der Waals surface area contributed by atoms with Crippen molar-refractivity contribution in [1.29, 1.82) is 0 Å². The number of hydrogen-bond acceptors (Lipinski definition) is 1. The molecule has 0 amide bonds. The topological polar surface area (TPSA) is 26.0 Å². The lowest BCUT2D eigenvalue weighted by Crippen LogP contribution is -2.22. The Bertz CT molecular complexity index is 323. The maximum atomic E-state index is 6.00. The van der Waals surface area contributed by atoms with Gasteiger partial charge in [0.05, 0.1) is 0 Å². The van der Waals surface area contributed by atoms with Crippen LogP contribution in [0.15, 0.2) is 28.7 Å². The Labute approximate surface area is 100 Å². The highest BCUT2D eigenvalue weighted by molar-refractivity contribution is 9.10. The fourth-order valence-electron chi connectivity index (χ4n) is 1.49. The van der Waals surface area contributed by atoms with Crippen LogP contribution in [0.5, 0.6) is 0 Å². The van der Waals surface area contributed by atoms with Crippen LogP contribution in [0.2, 0.25) is 0 Å². The molecule has 1 nitrogen and oxygen atoms in total. The van der Waals surface area contributed by atoms with E-state index in [1.807, 2.05) is 12.1 Å². The highest BCUT2D eigenvalue weighted by atomic mass is 79.9. The fraction of sp³-hybridized carbons (Fsp3) is 0.385. The van der Waals surface area contributed by atoms with E-state index >= 15 is 0 Å². The Morgan fingerprint density at radius 2 is 2.00 bits per heavy atom. The third-order valence-electron chi connectivity index (χ3n) is 2.31. The van der Waals surface area contributed by atoms with Crippen LogP contribution in [-0.4, -0.2) is 6.04 Å². The van der Waals surface area contributed by atoms with E-state index in [9.17, 15) is 0 Å². The van der Waals surface area contributed by atoms with E-state index < -0.39 is 0 Å². The maximum absolute atomic E-state index is 6.00. The van der Waals surface area contributed by atoms with Crippen LogP contribution in [0.25, 0.3) is 0 Å². The Morgan fingerprint density at radius 1 is 1.33 bits per heavy atom. The Kier molecular flexibility index (Phi) is 5.45. The smallest absolute Gasteiger partial charge is 0.0175 e. The van der Waals surface area contributed by atoms with Crippen molar-refractivity contribution in [2.75, 3.05) is 0 Å². The summed E-state index contributed by atoms with van der Waals surface area (Å²) in [6.45, 7) is 0. The molecule has 0 spiro atoms. The van der Waals surface area contributed by atoms with Gasteiger partial charge in [-0.15, -0.1) is 12.3 Å². The van der Waals surface area contributed by atoms with E-state index in [1.165, 1.54) is 5.56 Å². The normalized spacial score (nSPS) is 12.1. The zero-order valence-corrected chi connectivity index (χ0v) is 10.3. The highest BCUT2D eigenvalue weighted by Gasteiger charge is 2.03. The Morgan fingerprint density at radius 3 is 2.60 bits per heavy atom. The fourth-order valence-corrected chi connectivity index (χ4v) is 1.76. The highest BCUT2D eigenvalue weighted by Crippen LogP contribution is 2.12. The number of halogens is 1. The van der Waals surface area contributed by atoms with Crippen molar-refractivity contribution in [3.63, 3.8) is 0 Å². The summed E-state index contributed by atoms with van der Waals surface area (Å²) >= 11 is 3.41. The van der Waals surface area contributed by atoms with Crippen molar-refractivity contribution >= 4 is 15.9 Å². The predicted molar refractivity (Wildman–Crippen MR) is 68.5 cm³/mol. The number of benzene rings is 1. The summed E-state index contributed by atoms with van der Waals surface area (Å²) in [5.74, 6) is 2.63. The first-order valence-corrected chi connectivity index (χ1v) is 5.95. The minimum Gasteiger partial charge on any atom is -0.327 e. The molecule has 0 saturated carbocycles. The van der Waals surface area contributed by atoms with Gasteiger partial charge in [0.1, 0.15) is 0 Å². The van der Waals surface area contributed by atoms with Crippen molar-refractivity contribution in [2.24, 2.45) is 5.73 Å². The molecule has 80 valence electrons. The van der Waals surface area contributed by atoms with Crippen molar-refractivity contribution in [3.8, 4) is 12.3 Å². The van der Waals surface area contributed by atoms with Crippen molar-refractivity contribution in [1.82, 2.24) is 0 Å². The van der Waals surface area contributed by atoms with E-state index in [0.29, 0.717) is 0 Å². The molecule has 1 rings (SSSR count). The molecule has 1 unspecified atom stereocenters. The van der Waals surface area contributed by atoms with Gasteiger partial charge in [0.2, 0.25) is 0 Å². The van der Waals surface area contributed by atoms with Gasteiger partial charge in [0, 0.05) is 16.9 Å². The number of hydrogen-bond donors (Lipinski definition) is 1. The van der Waals surface area contributed by atoms with Gasteiger partial charge in [0.25, 0.3) is 0 Å². The third kappa shape index (κ3) is 5.01. The first-order chi connectivity index (χ1) is 7.22. The number of nitrogens with two attached hydrogens (primary N) is 1. The molecule has 0 aliphatic rings. The molecule has 0 radical (unpaired) electrons. The first kappa shape index (κ1) is 12.3. The molecular formula is C13H16BrN. The quantitative estimate of drug-likeness (QED) is 0.643. The summed E-state index contributed by atoms with van der Waals surface area (Å²) in [6.07, 6.45) is 8.97. The van der Waals surface area contributed by atoms with E-state index in [-0.39, 0.29) is 6.04 Å². The van der Waals surface area contributed by atoms with E-state index in [2.05, 4.69) is 34.0 Å². The second kappa shape index (κ2) is 6.66. The van der Waals surface area contributed by atoms with Crippen molar-refractivity contribution < 1.29 is 0 Å². The molecule has 1 atom stereocenters. The van der Waals surface area contributed by atoms with Crippen LogP contribution in [0.3, 0.4) is 0 Å². The molecule has 1 aromatic rings. The van der Waals surface area contributed by atoms with E-state index in [4.69, 9.17) is 12.2 Å². The number of terminal acetylenes is 1. The van der Waals surface area contributed by atoms with Gasteiger partial charge in [-0.2, -0.15) is 0 Å². The molecule has 2 N–H and O–H groups in total. The Hall–Kier alpha value is -0.780. The minimum atomic E-state index is 0.222. The van der Waals surface area contributed by atoms with Crippen LogP contribution in [0.4, 0.5) is 0 Å². The van der Waals surface area contributed by atoms with Gasteiger partial charge in [-0.3, -0.25) is 0 Å². The zero-order valence-electron chi connectivity index (χ0n) is 8.75. The van der Waals surface area contributed by atoms with Gasteiger partial charge in [-0.1, -0.05) is 28.1 Å². The molecule has 1 aromatic carbocycles. The molecule has 0 aliphatic carbocycles. The number of rotatable bonds is 5. The maximum Gasteiger partial charge on any atom is 0.0175 e. The SMILES string of the molecule is C#CCCCC(N)Cc1ccc(Br)cc1. The summed E-state index contributed by atoms with van der Waals surface area (Å²) < 4.78 is 1.10. The molecule has 2 heteroatoms. The van der Waals surface area contributed by atoms with Crippen LogP contribution >= 0.6 is 15.9 Å². The van der Waals surface area contributed by atoms with E-state index in [1.54, 1.807) is 0 Å². The van der Waals surface area contributed by atoms with Crippen LogP contribution < -0.4 is 5.73 Å². The first-order valence-electron chi connectivity index (χ1n) is 5.16. The van der Waals surface area contributed by atoms with Crippen LogP contribution in [-0.2, 0) is 6.42 Å². The van der Waals surface area contributed by atoms with E-state index in [0.717, 1.165) is 30.2 Å². The molecule has 0 bridgehead atoms. The molecule has 0 aliphatic heterocycles. The minimum absolute atomic E-state index is 0.222. The molecule has 0 saturated heterocycles.